The predicted molar refractivity (Wildman–Crippen MR) is 131 cm³/mol. The van der Waals surface area contributed by atoms with Gasteiger partial charge < -0.3 is 19.9 Å². The van der Waals surface area contributed by atoms with Gasteiger partial charge in [-0.25, -0.2) is 12.7 Å². The predicted octanol–water partition coefficient (Wildman–Crippen LogP) is 3.02. The highest BCUT2D eigenvalue weighted by Crippen LogP contribution is 2.29. The molecule has 2 aliphatic rings. The minimum absolute atomic E-state index is 0.112. The van der Waals surface area contributed by atoms with Crippen molar-refractivity contribution in [2.24, 2.45) is 0 Å². The van der Waals surface area contributed by atoms with Crippen LogP contribution in [0.25, 0.3) is 0 Å². The van der Waals surface area contributed by atoms with E-state index in [9.17, 15) is 13.2 Å². The number of benzene rings is 2. The van der Waals surface area contributed by atoms with Crippen molar-refractivity contribution in [1.29, 1.82) is 0 Å². The second-order valence-corrected chi connectivity index (χ2v) is 10.8. The number of nitrogens with one attached hydrogen (secondary N) is 1. The number of carbonyl (C=O) groups excluding carboxylic acids is 1. The number of carbonyl (C=O) groups is 1. The molecule has 0 bridgehead atoms. The van der Waals surface area contributed by atoms with Crippen LogP contribution in [0.4, 0.5) is 17.1 Å². The molecule has 4 rings (SSSR count). The zero-order valence-electron chi connectivity index (χ0n) is 19.3. The molecule has 1 N–H and O–H groups in total. The van der Waals surface area contributed by atoms with Gasteiger partial charge in [0, 0.05) is 57.3 Å². The second kappa shape index (κ2) is 10.1. The highest BCUT2D eigenvalue weighted by molar-refractivity contribution is 7.89. The summed E-state index contributed by atoms with van der Waals surface area (Å²) in [6.45, 7) is 4.69. The molecular weight excluding hydrogens is 440 g/mol. The summed E-state index contributed by atoms with van der Waals surface area (Å²) in [5.41, 5.74) is 2.84. The quantitative estimate of drug-likeness (QED) is 0.696. The van der Waals surface area contributed by atoms with E-state index in [1.807, 2.05) is 24.3 Å². The summed E-state index contributed by atoms with van der Waals surface area (Å²) in [6, 6.07) is 12.6. The van der Waals surface area contributed by atoms with Crippen molar-refractivity contribution in [3.05, 3.63) is 48.0 Å². The Morgan fingerprint density at radius 1 is 0.939 bits per heavy atom. The van der Waals surface area contributed by atoms with E-state index in [1.165, 1.54) is 26.6 Å². The number of morpholine rings is 1. The molecule has 2 fully saturated rings. The number of ether oxygens (including phenoxy) is 1. The molecule has 9 heteroatoms. The second-order valence-electron chi connectivity index (χ2n) is 8.62. The minimum atomic E-state index is -3.66. The van der Waals surface area contributed by atoms with Crippen LogP contribution in [0.1, 0.15) is 29.6 Å². The highest BCUT2D eigenvalue weighted by atomic mass is 32.2. The van der Waals surface area contributed by atoms with Gasteiger partial charge in [-0.05, 0) is 55.7 Å². The maximum Gasteiger partial charge on any atom is 0.257 e. The smallest absolute Gasteiger partial charge is 0.257 e. The zero-order valence-corrected chi connectivity index (χ0v) is 20.1. The summed E-state index contributed by atoms with van der Waals surface area (Å²) in [5, 5.41) is 2.99. The molecule has 8 nitrogen and oxygen atoms in total. The van der Waals surface area contributed by atoms with Crippen molar-refractivity contribution in [3.63, 3.8) is 0 Å². The summed E-state index contributed by atoms with van der Waals surface area (Å²) in [4.78, 5) is 17.9. The van der Waals surface area contributed by atoms with Gasteiger partial charge in [0.1, 0.15) is 0 Å². The van der Waals surface area contributed by atoms with Gasteiger partial charge in [-0.3, -0.25) is 4.79 Å². The number of sulfonamides is 1. The molecule has 0 saturated carbocycles. The van der Waals surface area contributed by atoms with Crippen LogP contribution < -0.4 is 15.1 Å². The summed E-state index contributed by atoms with van der Waals surface area (Å²) >= 11 is 0. The van der Waals surface area contributed by atoms with Gasteiger partial charge in [0.15, 0.2) is 0 Å². The molecular formula is C24H32N4O4S. The maximum absolute atomic E-state index is 13.4. The Kier molecular flexibility index (Phi) is 7.21. The Hall–Kier alpha value is -2.62. The van der Waals surface area contributed by atoms with E-state index < -0.39 is 10.0 Å². The van der Waals surface area contributed by atoms with Gasteiger partial charge in [-0.15, -0.1) is 0 Å². The van der Waals surface area contributed by atoms with Gasteiger partial charge in [0.25, 0.3) is 5.91 Å². The van der Waals surface area contributed by atoms with Gasteiger partial charge in [0.05, 0.1) is 23.7 Å². The molecule has 0 atom stereocenters. The first-order valence-electron chi connectivity index (χ1n) is 11.4. The topological polar surface area (TPSA) is 82.2 Å². The molecule has 1 amide bonds. The SMILES string of the molecule is CN(C)S(=O)(=O)c1ccc(N2CCCCC2)c(C(=O)Nc2cccc(N3CCOCC3)c2)c1. The molecule has 0 aromatic heterocycles. The van der Waals surface area contributed by atoms with Gasteiger partial charge in [0.2, 0.25) is 10.0 Å². The van der Waals surface area contributed by atoms with E-state index >= 15 is 0 Å². The summed E-state index contributed by atoms with van der Waals surface area (Å²) in [7, 11) is -0.677. The number of hydrogen-bond donors (Lipinski definition) is 1. The molecule has 2 aromatic carbocycles. The zero-order chi connectivity index (χ0) is 23.4. The summed E-state index contributed by atoms with van der Waals surface area (Å²) < 4.78 is 32.1. The minimum Gasteiger partial charge on any atom is -0.378 e. The first-order chi connectivity index (χ1) is 15.9. The van der Waals surface area contributed by atoms with E-state index in [4.69, 9.17) is 4.74 Å². The summed E-state index contributed by atoms with van der Waals surface area (Å²) in [6.07, 6.45) is 3.28. The first-order valence-corrected chi connectivity index (χ1v) is 12.9. The third-order valence-corrected chi connectivity index (χ3v) is 7.98. The Morgan fingerprint density at radius 3 is 2.36 bits per heavy atom. The molecule has 2 heterocycles. The third-order valence-electron chi connectivity index (χ3n) is 6.17. The van der Waals surface area contributed by atoms with Crippen LogP contribution in [0.3, 0.4) is 0 Å². The van der Waals surface area contributed by atoms with Crippen LogP contribution in [0.15, 0.2) is 47.4 Å². The number of piperidine rings is 1. The standard InChI is InChI=1S/C24H32N4O4S/c1-26(2)33(30,31)21-9-10-23(28-11-4-3-5-12-28)22(18-21)24(29)25-19-7-6-8-20(17-19)27-13-15-32-16-14-27/h6-10,17-18H,3-5,11-16H2,1-2H3,(H,25,29). The average Bonchev–Trinajstić information content (AvgIpc) is 2.85. The molecule has 0 radical (unpaired) electrons. The van der Waals surface area contributed by atoms with Crippen molar-refractivity contribution in [3.8, 4) is 0 Å². The van der Waals surface area contributed by atoms with Crippen molar-refractivity contribution in [2.45, 2.75) is 24.2 Å². The number of nitrogens with zero attached hydrogens (tertiary/aromatic N) is 3. The number of anilines is 3. The van der Waals surface area contributed by atoms with Crippen molar-refractivity contribution < 1.29 is 17.9 Å². The Bertz CT molecular complexity index is 1090. The number of hydrogen-bond acceptors (Lipinski definition) is 6. The van der Waals surface area contributed by atoms with Crippen LogP contribution in [-0.4, -0.2) is 72.1 Å². The summed E-state index contributed by atoms with van der Waals surface area (Å²) in [5.74, 6) is -0.314. The lowest BCUT2D eigenvalue weighted by Crippen LogP contribution is -2.36. The molecule has 2 aromatic rings. The fraction of sp³-hybridized carbons (Fsp3) is 0.458. The largest absolute Gasteiger partial charge is 0.378 e. The van der Waals surface area contributed by atoms with E-state index in [0.717, 1.165) is 54.7 Å². The van der Waals surface area contributed by atoms with Crippen LogP contribution >= 0.6 is 0 Å². The molecule has 0 unspecified atom stereocenters. The van der Waals surface area contributed by atoms with Crippen molar-refractivity contribution >= 4 is 33.0 Å². The van der Waals surface area contributed by atoms with Gasteiger partial charge >= 0.3 is 0 Å². The molecule has 178 valence electrons. The van der Waals surface area contributed by atoms with Gasteiger partial charge in [-0.1, -0.05) is 6.07 Å². The van der Waals surface area contributed by atoms with Crippen LogP contribution in [0, 0.1) is 0 Å². The van der Waals surface area contributed by atoms with E-state index in [2.05, 4.69) is 15.1 Å². The third kappa shape index (κ3) is 5.31. The van der Waals surface area contributed by atoms with Gasteiger partial charge in [-0.2, -0.15) is 0 Å². The first kappa shape index (κ1) is 23.5. The highest BCUT2D eigenvalue weighted by Gasteiger charge is 2.24. The fourth-order valence-corrected chi connectivity index (χ4v) is 5.21. The lowest BCUT2D eigenvalue weighted by Gasteiger charge is -2.31. The van der Waals surface area contributed by atoms with E-state index in [-0.39, 0.29) is 10.8 Å². The Balaban J connectivity index is 1.65. The molecule has 33 heavy (non-hydrogen) atoms. The molecule has 0 aliphatic carbocycles. The Morgan fingerprint density at radius 2 is 1.67 bits per heavy atom. The van der Waals surface area contributed by atoms with E-state index in [0.29, 0.717) is 24.5 Å². The average molecular weight is 473 g/mol. The molecule has 2 aliphatic heterocycles. The number of rotatable bonds is 6. The van der Waals surface area contributed by atoms with Crippen LogP contribution in [-0.2, 0) is 14.8 Å². The molecule has 2 saturated heterocycles. The fourth-order valence-electron chi connectivity index (χ4n) is 4.28. The number of amides is 1. The Labute approximate surface area is 196 Å². The molecule has 0 spiro atoms. The monoisotopic (exact) mass is 472 g/mol. The van der Waals surface area contributed by atoms with Crippen molar-refractivity contribution in [1.82, 2.24) is 4.31 Å². The lowest BCUT2D eigenvalue weighted by molar-refractivity contribution is 0.102. The normalized spacial score (nSPS) is 17.3. The van der Waals surface area contributed by atoms with Crippen LogP contribution in [0.2, 0.25) is 0 Å². The van der Waals surface area contributed by atoms with E-state index in [1.54, 1.807) is 12.1 Å². The lowest BCUT2D eigenvalue weighted by atomic mass is 10.1. The van der Waals surface area contributed by atoms with Crippen LogP contribution in [0.5, 0.6) is 0 Å². The maximum atomic E-state index is 13.4. The van der Waals surface area contributed by atoms with Crippen molar-refractivity contribution in [2.75, 3.05) is 68.6 Å².